The maximum absolute atomic E-state index is 10.7. The van der Waals surface area contributed by atoms with Gasteiger partial charge in [0.2, 0.25) is 11.2 Å². The Morgan fingerprint density at radius 3 is 2.92 bits per heavy atom. The average Bonchev–Trinajstić information content (AvgIpc) is 2.55. The lowest BCUT2D eigenvalue weighted by molar-refractivity contribution is 0.547. The van der Waals surface area contributed by atoms with E-state index < -0.39 is 0 Å². The summed E-state index contributed by atoms with van der Waals surface area (Å²) in [6, 6.07) is 7.56. The Labute approximate surface area is 77.9 Å². The van der Waals surface area contributed by atoms with Crippen molar-refractivity contribution >= 4 is 28.0 Å². The second kappa shape index (κ2) is 3.02. The quantitative estimate of drug-likeness (QED) is 0.407. The summed E-state index contributed by atoms with van der Waals surface area (Å²) in [7, 11) is 0. The molecule has 0 aliphatic carbocycles. The number of benzene rings is 1. The number of hydrogen-bond acceptors (Lipinski definition) is 4. The van der Waals surface area contributed by atoms with Gasteiger partial charge in [-0.3, -0.25) is 9.36 Å². The Kier molecular flexibility index (Phi) is 1.86. The first-order valence-corrected chi connectivity index (χ1v) is 4.48. The highest BCUT2D eigenvalue weighted by molar-refractivity contribution is 7.16. The second-order valence-electron chi connectivity index (χ2n) is 2.46. The number of carbonyl (C=O) groups is 1. The fourth-order valence-electron chi connectivity index (χ4n) is 1.18. The van der Waals surface area contributed by atoms with Crippen LogP contribution in [0.5, 0.6) is 0 Å². The van der Waals surface area contributed by atoms with E-state index in [2.05, 4.69) is 5.10 Å². The lowest BCUT2D eigenvalue weighted by Crippen LogP contribution is -2.15. The predicted molar refractivity (Wildman–Crippen MR) is 51.7 cm³/mol. The van der Waals surface area contributed by atoms with Crippen molar-refractivity contribution < 1.29 is 4.79 Å². The van der Waals surface area contributed by atoms with Crippen LogP contribution in [-0.2, 0) is 4.79 Å². The molecule has 0 radical (unpaired) electrons. The number of nitrogens with two attached hydrogens (primary N) is 1. The Morgan fingerprint density at radius 2 is 2.23 bits per heavy atom. The van der Waals surface area contributed by atoms with E-state index in [-0.39, 0.29) is 0 Å². The van der Waals surface area contributed by atoms with Crippen molar-refractivity contribution in [3.63, 3.8) is 0 Å². The summed E-state index contributed by atoms with van der Waals surface area (Å²) < 4.78 is 2.43. The highest BCUT2D eigenvalue weighted by atomic mass is 32.1. The average molecular weight is 193 g/mol. The molecule has 4 nitrogen and oxygen atoms in total. The van der Waals surface area contributed by atoms with Crippen molar-refractivity contribution in [3.8, 4) is 0 Å². The molecule has 0 fully saturated rings. The van der Waals surface area contributed by atoms with E-state index in [1.54, 1.807) is 0 Å². The molecule has 0 spiro atoms. The largest absolute Gasteiger partial charge is 0.320 e. The zero-order valence-electron chi connectivity index (χ0n) is 6.68. The maximum Gasteiger partial charge on any atom is 0.220 e. The van der Waals surface area contributed by atoms with Crippen molar-refractivity contribution in [2.75, 3.05) is 0 Å². The van der Waals surface area contributed by atoms with Crippen LogP contribution in [-0.4, -0.2) is 11.0 Å². The van der Waals surface area contributed by atoms with Crippen LogP contribution in [0, 0.1) is 0 Å². The van der Waals surface area contributed by atoms with Crippen LogP contribution in [0.25, 0.3) is 10.2 Å². The Bertz CT molecular complexity index is 511. The topological polar surface area (TPSA) is 60.4 Å². The van der Waals surface area contributed by atoms with Crippen LogP contribution in [0.3, 0.4) is 0 Å². The van der Waals surface area contributed by atoms with Crippen LogP contribution in [0.4, 0.5) is 0 Å². The number of fused-ring (bicyclic) bond motifs is 1. The molecule has 2 aromatic rings. The van der Waals surface area contributed by atoms with Crippen molar-refractivity contribution in [2.24, 2.45) is 10.9 Å². The molecule has 0 atom stereocenters. The van der Waals surface area contributed by atoms with E-state index in [4.69, 9.17) is 5.84 Å². The number of carbonyl (C=O) groups excluding carboxylic acids is 1. The van der Waals surface area contributed by atoms with E-state index in [9.17, 15) is 4.79 Å². The van der Waals surface area contributed by atoms with E-state index in [0.717, 1.165) is 10.2 Å². The molecule has 2 rings (SSSR count). The molecule has 0 amide bonds. The summed E-state index contributed by atoms with van der Waals surface area (Å²) in [6.07, 6.45) is 0.713. The zero-order chi connectivity index (χ0) is 9.26. The van der Waals surface area contributed by atoms with Gasteiger partial charge in [-0.15, -0.1) is 0 Å². The molecule has 1 aromatic heterocycles. The number of para-hydroxylation sites is 1. The van der Waals surface area contributed by atoms with Gasteiger partial charge in [-0.2, -0.15) is 5.10 Å². The molecule has 0 saturated carbocycles. The standard InChI is InChI=1S/C8H7N3OS/c9-10-8-11(5-12)6-3-1-2-4-7(6)13-8/h1-5H,9H2/b10-8+. The summed E-state index contributed by atoms with van der Waals surface area (Å²) in [6.45, 7) is 0. The first-order chi connectivity index (χ1) is 6.36. The third kappa shape index (κ3) is 1.13. The second-order valence-corrected chi connectivity index (χ2v) is 3.47. The van der Waals surface area contributed by atoms with E-state index in [0.29, 0.717) is 11.2 Å². The molecule has 0 unspecified atom stereocenters. The fraction of sp³-hybridized carbons (Fsp3) is 0. The monoisotopic (exact) mass is 193 g/mol. The molecule has 2 N–H and O–H groups in total. The summed E-state index contributed by atoms with van der Waals surface area (Å²) in [5.74, 6) is 5.15. The van der Waals surface area contributed by atoms with Gasteiger partial charge in [0.15, 0.2) is 0 Å². The lowest BCUT2D eigenvalue weighted by atomic mass is 10.3. The van der Waals surface area contributed by atoms with E-state index in [1.165, 1.54) is 15.9 Å². The number of hydrogen-bond donors (Lipinski definition) is 1. The smallest absolute Gasteiger partial charge is 0.220 e. The highest BCUT2D eigenvalue weighted by Crippen LogP contribution is 2.14. The Hall–Kier alpha value is -1.62. The van der Waals surface area contributed by atoms with Crippen molar-refractivity contribution in [1.29, 1.82) is 0 Å². The van der Waals surface area contributed by atoms with Crippen LogP contribution in [0.15, 0.2) is 29.4 Å². The van der Waals surface area contributed by atoms with Crippen LogP contribution in [0.2, 0.25) is 0 Å². The van der Waals surface area contributed by atoms with Gasteiger partial charge in [0.1, 0.15) is 0 Å². The predicted octanol–water partition coefficient (Wildman–Crippen LogP) is 0.515. The molecule has 13 heavy (non-hydrogen) atoms. The summed E-state index contributed by atoms with van der Waals surface area (Å²) in [4.78, 5) is 11.2. The molecule has 0 saturated heterocycles. The van der Waals surface area contributed by atoms with Crippen LogP contribution >= 0.6 is 11.3 Å². The Morgan fingerprint density at radius 1 is 1.46 bits per heavy atom. The SMILES string of the molecule is N/N=c1/sc2ccccc2n1C=O. The molecule has 1 heterocycles. The van der Waals surface area contributed by atoms with E-state index in [1.807, 2.05) is 24.3 Å². The van der Waals surface area contributed by atoms with Crippen LogP contribution in [0.1, 0.15) is 0 Å². The lowest BCUT2D eigenvalue weighted by Gasteiger charge is -1.90. The van der Waals surface area contributed by atoms with Gasteiger partial charge in [-0.05, 0) is 12.1 Å². The summed E-state index contributed by atoms with van der Waals surface area (Å²) in [5, 5.41) is 3.53. The summed E-state index contributed by atoms with van der Waals surface area (Å²) >= 11 is 1.39. The van der Waals surface area contributed by atoms with E-state index >= 15 is 0 Å². The molecule has 0 aliphatic heterocycles. The Balaban J connectivity index is 2.98. The zero-order valence-corrected chi connectivity index (χ0v) is 7.49. The molecular formula is C8H7N3OS. The first-order valence-electron chi connectivity index (χ1n) is 3.66. The van der Waals surface area contributed by atoms with Crippen molar-refractivity contribution in [3.05, 3.63) is 29.1 Å². The third-order valence-electron chi connectivity index (χ3n) is 1.75. The molecule has 0 bridgehead atoms. The molecule has 66 valence electrons. The molecular weight excluding hydrogens is 186 g/mol. The van der Waals surface area contributed by atoms with Crippen molar-refractivity contribution in [1.82, 2.24) is 4.57 Å². The van der Waals surface area contributed by atoms with Gasteiger partial charge in [-0.25, -0.2) is 0 Å². The molecule has 5 heteroatoms. The minimum Gasteiger partial charge on any atom is -0.320 e. The minimum atomic E-state index is 0.510. The maximum atomic E-state index is 10.7. The van der Waals surface area contributed by atoms with Crippen molar-refractivity contribution in [2.45, 2.75) is 0 Å². The van der Waals surface area contributed by atoms with Crippen LogP contribution < -0.4 is 10.6 Å². The number of nitrogens with zero attached hydrogens (tertiary/aromatic N) is 2. The molecule has 1 aromatic carbocycles. The first kappa shape index (κ1) is 8.00. The van der Waals surface area contributed by atoms with Gasteiger partial charge >= 0.3 is 0 Å². The number of aromatic nitrogens is 1. The van der Waals surface area contributed by atoms with Gasteiger partial charge < -0.3 is 5.84 Å². The van der Waals surface area contributed by atoms with Gasteiger partial charge in [0.05, 0.1) is 10.2 Å². The van der Waals surface area contributed by atoms with Gasteiger partial charge in [0, 0.05) is 0 Å². The number of thiazole rings is 1. The third-order valence-corrected chi connectivity index (χ3v) is 2.80. The minimum absolute atomic E-state index is 0.510. The molecule has 0 aliphatic rings. The highest BCUT2D eigenvalue weighted by Gasteiger charge is 2.02. The normalized spacial score (nSPS) is 12.2. The number of rotatable bonds is 1. The fourth-order valence-corrected chi connectivity index (χ4v) is 2.09. The van der Waals surface area contributed by atoms with Gasteiger partial charge in [-0.1, -0.05) is 23.5 Å². The van der Waals surface area contributed by atoms with Gasteiger partial charge in [0.25, 0.3) is 0 Å². The summed E-state index contributed by atoms with van der Waals surface area (Å²) in [5.41, 5.74) is 0.840.